The van der Waals surface area contributed by atoms with Crippen LogP contribution in [0.2, 0.25) is 0 Å². The molecule has 2 heterocycles. The van der Waals surface area contributed by atoms with Gasteiger partial charge in [-0.25, -0.2) is 8.78 Å². The fourth-order valence-electron chi connectivity index (χ4n) is 3.20. The summed E-state index contributed by atoms with van der Waals surface area (Å²) in [6, 6.07) is 11.9. The second-order valence-electron chi connectivity index (χ2n) is 6.53. The summed E-state index contributed by atoms with van der Waals surface area (Å²) in [5.41, 5.74) is 0.769. The van der Waals surface area contributed by atoms with Gasteiger partial charge in [-0.1, -0.05) is 12.1 Å². The van der Waals surface area contributed by atoms with Gasteiger partial charge in [0.2, 0.25) is 0 Å². The zero-order valence-corrected chi connectivity index (χ0v) is 15.0. The van der Waals surface area contributed by atoms with Crippen LogP contribution in [0.4, 0.5) is 8.78 Å². The first kappa shape index (κ1) is 18.2. The minimum atomic E-state index is -0.506. The lowest BCUT2D eigenvalue weighted by Crippen LogP contribution is -2.48. The molecule has 28 heavy (non-hydrogen) atoms. The quantitative estimate of drug-likeness (QED) is 0.687. The maximum absolute atomic E-state index is 13.8. The molecule has 1 aliphatic rings. The zero-order valence-electron chi connectivity index (χ0n) is 15.0. The van der Waals surface area contributed by atoms with Crippen molar-refractivity contribution >= 4 is 5.91 Å². The average molecular weight is 384 g/mol. The van der Waals surface area contributed by atoms with Crippen molar-refractivity contribution in [1.29, 1.82) is 0 Å². The Morgan fingerprint density at radius 2 is 1.68 bits per heavy atom. The fraction of sp³-hybridized carbons (Fsp3) is 0.263. The summed E-state index contributed by atoms with van der Waals surface area (Å²) in [5, 5.41) is 11.7. The minimum absolute atomic E-state index is 0.0937. The Morgan fingerprint density at radius 1 is 0.964 bits per heavy atom. The number of carbonyl (C=O) groups is 1. The molecule has 0 saturated carbocycles. The summed E-state index contributed by atoms with van der Waals surface area (Å²) >= 11 is 0. The molecule has 9 heteroatoms. The number of piperazine rings is 1. The van der Waals surface area contributed by atoms with E-state index < -0.39 is 5.82 Å². The van der Waals surface area contributed by atoms with Gasteiger partial charge in [-0.2, -0.15) is 4.68 Å². The summed E-state index contributed by atoms with van der Waals surface area (Å²) in [6.07, 6.45) is 0. The van der Waals surface area contributed by atoms with Gasteiger partial charge in [0.05, 0.1) is 17.8 Å². The Balaban J connectivity index is 1.39. The first-order valence-corrected chi connectivity index (χ1v) is 8.91. The number of aromatic nitrogens is 4. The molecule has 0 aliphatic carbocycles. The highest BCUT2D eigenvalue weighted by atomic mass is 19.1. The molecule has 0 spiro atoms. The van der Waals surface area contributed by atoms with Crippen LogP contribution in [-0.2, 0) is 6.54 Å². The van der Waals surface area contributed by atoms with Crippen LogP contribution in [0.3, 0.4) is 0 Å². The van der Waals surface area contributed by atoms with Gasteiger partial charge >= 0.3 is 0 Å². The van der Waals surface area contributed by atoms with Crippen molar-refractivity contribution in [1.82, 2.24) is 30.0 Å². The Morgan fingerprint density at radius 3 is 2.39 bits per heavy atom. The second-order valence-corrected chi connectivity index (χ2v) is 6.53. The molecule has 3 aromatic rings. The number of hydrogen-bond donors (Lipinski definition) is 0. The monoisotopic (exact) mass is 384 g/mol. The van der Waals surface area contributed by atoms with E-state index in [-0.39, 0.29) is 17.3 Å². The lowest BCUT2D eigenvalue weighted by atomic mass is 10.1. The van der Waals surface area contributed by atoms with Gasteiger partial charge in [0.1, 0.15) is 11.6 Å². The number of nitrogens with zero attached hydrogens (tertiary/aromatic N) is 6. The number of tetrazole rings is 1. The third kappa shape index (κ3) is 3.74. The summed E-state index contributed by atoms with van der Waals surface area (Å²) in [4.78, 5) is 16.3. The number of halogens is 2. The molecule has 1 amide bonds. The maximum atomic E-state index is 13.8. The highest BCUT2D eigenvalue weighted by Gasteiger charge is 2.25. The molecule has 0 atom stereocenters. The number of rotatable bonds is 4. The Kier molecular flexibility index (Phi) is 5.07. The van der Waals surface area contributed by atoms with Gasteiger partial charge in [-0.15, -0.1) is 5.10 Å². The van der Waals surface area contributed by atoms with E-state index in [1.807, 2.05) is 0 Å². The molecule has 144 valence electrons. The van der Waals surface area contributed by atoms with Gasteiger partial charge in [-0.3, -0.25) is 9.69 Å². The molecular formula is C19H18F2N6O. The number of hydrogen-bond acceptors (Lipinski definition) is 5. The van der Waals surface area contributed by atoms with Crippen LogP contribution < -0.4 is 0 Å². The van der Waals surface area contributed by atoms with Gasteiger partial charge in [0, 0.05) is 26.2 Å². The summed E-state index contributed by atoms with van der Waals surface area (Å²) in [6.45, 7) is 2.72. The molecule has 0 N–H and O–H groups in total. The van der Waals surface area contributed by atoms with Crippen LogP contribution in [-0.4, -0.2) is 62.1 Å². The van der Waals surface area contributed by atoms with Crippen LogP contribution in [0.25, 0.3) is 5.69 Å². The third-order valence-electron chi connectivity index (χ3n) is 4.73. The maximum Gasteiger partial charge on any atom is 0.256 e. The van der Waals surface area contributed by atoms with Gasteiger partial charge < -0.3 is 4.90 Å². The van der Waals surface area contributed by atoms with E-state index in [4.69, 9.17) is 0 Å². The van der Waals surface area contributed by atoms with Crippen molar-refractivity contribution in [3.8, 4) is 5.69 Å². The SMILES string of the molecule is O=C(c1ccccc1F)N1CCN(Cc2nnnn2-c2ccc(F)cc2)CC1. The molecular weight excluding hydrogens is 366 g/mol. The van der Waals surface area contributed by atoms with Crippen LogP contribution in [0.15, 0.2) is 48.5 Å². The standard InChI is InChI=1S/C19H18F2N6O/c20-14-5-7-15(8-6-14)27-18(22-23-24-27)13-25-9-11-26(12-10-25)19(28)16-3-1-2-4-17(16)21/h1-8H,9-13H2. The van der Waals surface area contributed by atoms with E-state index in [1.54, 1.807) is 33.8 Å². The number of carbonyl (C=O) groups excluding carboxylic acids is 1. The second kappa shape index (κ2) is 7.81. The van der Waals surface area contributed by atoms with Crippen molar-refractivity contribution in [2.24, 2.45) is 0 Å². The fourth-order valence-corrected chi connectivity index (χ4v) is 3.20. The van der Waals surface area contributed by atoms with Crippen molar-refractivity contribution in [3.05, 3.63) is 71.6 Å². The Hall–Kier alpha value is -3.20. The van der Waals surface area contributed by atoms with E-state index >= 15 is 0 Å². The highest BCUT2D eigenvalue weighted by molar-refractivity contribution is 5.94. The number of benzene rings is 2. The van der Waals surface area contributed by atoms with Crippen LogP contribution in [0.1, 0.15) is 16.2 Å². The van der Waals surface area contributed by atoms with Gasteiger partial charge in [-0.05, 0) is 46.8 Å². The van der Waals surface area contributed by atoms with E-state index in [2.05, 4.69) is 20.4 Å². The zero-order chi connectivity index (χ0) is 19.5. The average Bonchev–Trinajstić information content (AvgIpc) is 3.17. The Labute approximate surface area is 160 Å². The Bertz CT molecular complexity index is 967. The number of amides is 1. The summed E-state index contributed by atoms with van der Waals surface area (Å²) < 4.78 is 28.5. The lowest BCUT2D eigenvalue weighted by Gasteiger charge is -2.34. The first-order valence-electron chi connectivity index (χ1n) is 8.91. The molecule has 7 nitrogen and oxygen atoms in total. The normalized spacial score (nSPS) is 15.0. The lowest BCUT2D eigenvalue weighted by molar-refractivity contribution is 0.0620. The van der Waals surface area contributed by atoms with Crippen LogP contribution in [0, 0.1) is 11.6 Å². The van der Waals surface area contributed by atoms with E-state index in [0.29, 0.717) is 44.2 Å². The van der Waals surface area contributed by atoms with E-state index in [9.17, 15) is 13.6 Å². The first-order chi connectivity index (χ1) is 13.6. The van der Waals surface area contributed by atoms with Crippen LogP contribution in [0.5, 0.6) is 0 Å². The molecule has 1 aromatic heterocycles. The minimum Gasteiger partial charge on any atom is -0.336 e. The predicted molar refractivity (Wildman–Crippen MR) is 96.7 cm³/mol. The molecule has 0 radical (unpaired) electrons. The largest absolute Gasteiger partial charge is 0.336 e. The molecule has 0 unspecified atom stereocenters. The molecule has 1 saturated heterocycles. The summed E-state index contributed by atoms with van der Waals surface area (Å²) in [5.74, 6) is -0.503. The molecule has 0 bridgehead atoms. The smallest absolute Gasteiger partial charge is 0.256 e. The topological polar surface area (TPSA) is 67.2 Å². The molecule has 1 aliphatic heterocycles. The third-order valence-corrected chi connectivity index (χ3v) is 4.73. The summed E-state index contributed by atoms with van der Waals surface area (Å²) in [7, 11) is 0. The van der Waals surface area contributed by atoms with Crippen LogP contribution >= 0.6 is 0 Å². The molecule has 4 rings (SSSR count). The highest BCUT2D eigenvalue weighted by Crippen LogP contribution is 2.15. The van der Waals surface area contributed by atoms with Gasteiger partial charge in [0.15, 0.2) is 5.82 Å². The predicted octanol–water partition coefficient (Wildman–Crippen LogP) is 1.90. The van der Waals surface area contributed by atoms with Gasteiger partial charge in [0.25, 0.3) is 5.91 Å². The molecule has 1 fully saturated rings. The van der Waals surface area contributed by atoms with Crippen molar-refractivity contribution < 1.29 is 13.6 Å². The van der Waals surface area contributed by atoms with E-state index in [0.717, 1.165) is 0 Å². The van der Waals surface area contributed by atoms with E-state index in [1.165, 1.54) is 24.3 Å². The van der Waals surface area contributed by atoms with Crippen molar-refractivity contribution in [3.63, 3.8) is 0 Å². The molecule has 2 aromatic carbocycles. The van der Waals surface area contributed by atoms with Crippen molar-refractivity contribution in [2.75, 3.05) is 26.2 Å². The van der Waals surface area contributed by atoms with Crippen molar-refractivity contribution in [2.45, 2.75) is 6.54 Å².